The normalized spacial score (nSPS) is 21.3. The van der Waals surface area contributed by atoms with Crippen LogP contribution in [0.15, 0.2) is 30.3 Å². The van der Waals surface area contributed by atoms with Crippen molar-refractivity contribution in [2.24, 2.45) is 11.8 Å². The Hall–Kier alpha value is -1.26. The van der Waals surface area contributed by atoms with Gasteiger partial charge >= 0.3 is 0 Å². The maximum atomic E-state index is 12.3. The number of amides is 1. The Morgan fingerprint density at radius 2 is 1.88 bits per heavy atom. The average Bonchev–Trinajstić information content (AvgIpc) is 3.13. The summed E-state index contributed by atoms with van der Waals surface area (Å²) in [6.07, 6.45) is 5.11. The predicted octanol–water partition coefficient (Wildman–Crippen LogP) is 3.12. The standard InChI is InChI=1S/C19H28N2O2.ClH/c22-19(7-6-16-8-11-20-14-16)21-12-9-17(10-13-21)15-23-18-4-2-1-3-5-18;/h1-5,16-17,20H,6-15H2;1H. The predicted molar refractivity (Wildman–Crippen MR) is 98.7 cm³/mol. The van der Waals surface area contributed by atoms with Crippen LogP contribution in [-0.4, -0.2) is 43.6 Å². The second-order valence-corrected chi connectivity index (χ2v) is 6.85. The summed E-state index contributed by atoms with van der Waals surface area (Å²) in [7, 11) is 0. The first-order valence-electron chi connectivity index (χ1n) is 8.97. The minimum Gasteiger partial charge on any atom is -0.493 e. The monoisotopic (exact) mass is 352 g/mol. The van der Waals surface area contributed by atoms with Crippen LogP contribution in [0.25, 0.3) is 0 Å². The average molecular weight is 353 g/mol. The summed E-state index contributed by atoms with van der Waals surface area (Å²) in [6, 6.07) is 9.98. The summed E-state index contributed by atoms with van der Waals surface area (Å²) in [4.78, 5) is 14.4. The van der Waals surface area contributed by atoms with E-state index in [9.17, 15) is 4.79 Å². The van der Waals surface area contributed by atoms with Crippen molar-refractivity contribution in [3.63, 3.8) is 0 Å². The van der Waals surface area contributed by atoms with E-state index in [0.717, 1.165) is 64.2 Å². The number of likely N-dealkylation sites (tertiary alicyclic amines) is 1. The third kappa shape index (κ3) is 5.67. The van der Waals surface area contributed by atoms with Crippen molar-refractivity contribution in [1.29, 1.82) is 0 Å². The van der Waals surface area contributed by atoms with Crippen molar-refractivity contribution < 1.29 is 9.53 Å². The molecule has 2 aliphatic rings. The van der Waals surface area contributed by atoms with Crippen LogP contribution in [0.1, 0.15) is 32.1 Å². The number of hydrogen-bond acceptors (Lipinski definition) is 3. The minimum absolute atomic E-state index is 0. The fourth-order valence-electron chi connectivity index (χ4n) is 3.53. The molecule has 3 rings (SSSR count). The highest BCUT2D eigenvalue weighted by molar-refractivity contribution is 5.85. The number of carbonyl (C=O) groups is 1. The Labute approximate surface area is 151 Å². The molecule has 1 atom stereocenters. The Morgan fingerprint density at radius 1 is 1.12 bits per heavy atom. The van der Waals surface area contributed by atoms with E-state index in [4.69, 9.17) is 4.74 Å². The van der Waals surface area contributed by atoms with Crippen LogP contribution in [0, 0.1) is 11.8 Å². The highest BCUT2D eigenvalue weighted by Crippen LogP contribution is 2.21. The van der Waals surface area contributed by atoms with Crippen molar-refractivity contribution in [2.45, 2.75) is 32.1 Å². The van der Waals surface area contributed by atoms with E-state index < -0.39 is 0 Å². The zero-order chi connectivity index (χ0) is 15.9. The first-order chi connectivity index (χ1) is 11.3. The van der Waals surface area contributed by atoms with E-state index in [2.05, 4.69) is 10.2 Å². The molecule has 0 saturated carbocycles. The molecule has 2 heterocycles. The molecule has 0 bridgehead atoms. The Morgan fingerprint density at radius 3 is 2.54 bits per heavy atom. The van der Waals surface area contributed by atoms with Gasteiger partial charge < -0.3 is 15.0 Å². The molecule has 1 amide bonds. The van der Waals surface area contributed by atoms with Crippen molar-refractivity contribution in [3.8, 4) is 5.75 Å². The highest BCUT2D eigenvalue weighted by Gasteiger charge is 2.24. The molecule has 24 heavy (non-hydrogen) atoms. The summed E-state index contributed by atoms with van der Waals surface area (Å²) in [5.41, 5.74) is 0. The molecule has 0 aliphatic carbocycles. The molecule has 1 aromatic rings. The number of piperidine rings is 1. The van der Waals surface area contributed by atoms with Gasteiger partial charge in [0.15, 0.2) is 0 Å². The molecule has 2 saturated heterocycles. The molecule has 1 N–H and O–H groups in total. The first kappa shape index (κ1) is 19.1. The summed E-state index contributed by atoms with van der Waals surface area (Å²) in [6.45, 7) is 4.76. The van der Waals surface area contributed by atoms with E-state index in [1.54, 1.807) is 0 Å². The van der Waals surface area contributed by atoms with Crippen LogP contribution in [0.4, 0.5) is 0 Å². The lowest BCUT2D eigenvalue weighted by molar-refractivity contribution is -0.133. The van der Waals surface area contributed by atoms with Gasteiger partial charge in [0.1, 0.15) is 5.75 Å². The zero-order valence-corrected chi connectivity index (χ0v) is 15.1. The van der Waals surface area contributed by atoms with Gasteiger partial charge in [-0.1, -0.05) is 18.2 Å². The number of nitrogens with one attached hydrogen (secondary N) is 1. The Balaban J connectivity index is 0.00000208. The molecule has 2 aliphatic heterocycles. The number of nitrogens with zero attached hydrogens (tertiary/aromatic N) is 1. The third-order valence-corrected chi connectivity index (χ3v) is 5.12. The van der Waals surface area contributed by atoms with Gasteiger partial charge in [-0.2, -0.15) is 0 Å². The summed E-state index contributed by atoms with van der Waals surface area (Å²) in [5, 5.41) is 3.37. The fraction of sp³-hybridized carbons (Fsp3) is 0.632. The summed E-state index contributed by atoms with van der Waals surface area (Å²) < 4.78 is 5.85. The van der Waals surface area contributed by atoms with E-state index in [0.29, 0.717) is 17.7 Å². The maximum absolute atomic E-state index is 12.3. The summed E-state index contributed by atoms with van der Waals surface area (Å²) >= 11 is 0. The van der Waals surface area contributed by atoms with Gasteiger partial charge in [-0.15, -0.1) is 12.4 Å². The van der Waals surface area contributed by atoms with Crippen molar-refractivity contribution >= 4 is 18.3 Å². The lowest BCUT2D eigenvalue weighted by Gasteiger charge is -2.32. The van der Waals surface area contributed by atoms with E-state index in [-0.39, 0.29) is 12.4 Å². The van der Waals surface area contributed by atoms with Crippen LogP contribution >= 0.6 is 12.4 Å². The first-order valence-corrected chi connectivity index (χ1v) is 8.97. The lowest BCUT2D eigenvalue weighted by Crippen LogP contribution is -2.39. The highest BCUT2D eigenvalue weighted by atomic mass is 35.5. The molecule has 134 valence electrons. The smallest absolute Gasteiger partial charge is 0.222 e. The number of halogens is 1. The van der Waals surface area contributed by atoms with Gasteiger partial charge in [0.2, 0.25) is 5.91 Å². The van der Waals surface area contributed by atoms with E-state index in [1.807, 2.05) is 30.3 Å². The fourth-order valence-corrected chi connectivity index (χ4v) is 3.53. The topological polar surface area (TPSA) is 41.6 Å². The van der Waals surface area contributed by atoms with Crippen LogP contribution in [0.5, 0.6) is 5.75 Å². The second kappa shape index (κ2) is 9.90. The van der Waals surface area contributed by atoms with Crippen molar-refractivity contribution in [1.82, 2.24) is 10.2 Å². The molecule has 5 heteroatoms. The van der Waals surface area contributed by atoms with Crippen LogP contribution in [0.2, 0.25) is 0 Å². The van der Waals surface area contributed by atoms with Gasteiger partial charge in [0.25, 0.3) is 0 Å². The van der Waals surface area contributed by atoms with Crippen LogP contribution in [0.3, 0.4) is 0 Å². The Bertz CT molecular complexity index is 483. The number of rotatable bonds is 6. The quantitative estimate of drug-likeness (QED) is 0.855. The van der Waals surface area contributed by atoms with Crippen molar-refractivity contribution in [3.05, 3.63) is 30.3 Å². The van der Waals surface area contributed by atoms with E-state index >= 15 is 0 Å². The van der Waals surface area contributed by atoms with E-state index in [1.165, 1.54) is 6.42 Å². The van der Waals surface area contributed by atoms with Gasteiger partial charge in [-0.25, -0.2) is 0 Å². The van der Waals surface area contributed by atoms with Crippen molar-refractivity contribution in [2.75, 3.05) is 32.8 Å². The molecular weight excluding hydrogens is 324 g/mol. The van der Waals surface area contributed by atoms with Gasteiger partial charge in [0, 0.05) is 19.5 Å². The summed E-state index contributed by atoms with van der Waals surface area (Å²) in [5.74, 6) is 2.56. The molecule has 1 unspecified atom stereocenters. The number of para-hydroxylation sites is 1. The largest absolute Gasteiger partial charge is 0.493 e. The number of carbonyl (C=O) groups excluding carboxylic acids is 1. The number of hydrogen-bond donors (Lipinski definition) is 1. The molecular formula is C19H29ClN2O2. The number of benzene rings is 1. The van der Waals surface area contributed by atoms with Crippen LogP contribution < -0.4 is 10.1 Å². The zero-order valence-electron chi connectivity index (χ0n) is 14.3. The van der Waals surface area contributed by atoms with Gasteiger partial charge in [-0.05, 0) is 62.7 Å². The maximum Gasteiger partial charge on any atom is 0.222 e. The molecule has 1 aromatic carbocycles. The lowest BCUT2D eigenvalue weighted by atomic mass is 9.96. The molecule has 0 aromatic heterocycles. The second-order valence-electron chi connectivity index (χ2n) is 6.85. The SMILES string of the molecule is Cl.O=C(CCC1CCNC1)N1CCC(COc2ccccc2)CC1. The molecule has 2 fully saturated rings. The number of ether oxygens (including phenoxy) is 1. The Kier molecular flexibility index (Phi) is 7.86. The molecule has 0 spiro atoms. The minimum atomic E-state index is 0. The van der Waals surface area contributed by atoms with Gasteiger partial charge in [0.05, 0.1) is 6.61 Å². The third-order valence-electron chi connectivity index (χ3n) is 5.12. The molecule has 0 radical (unpaired) electrons. The van der Waals surface area contributed by atoms with Crippen LogP contribution in [-0.2, 0) is 4.79 Å². The van der Waals surface area contributed by atoms with Gasteiger partial charge in [-0.3, -0.25) is 4.79 Å². The molecule has 4 nitrogen and oxygen atoms in total.